The Morgan fingerprint density at radius 3 is 2.86 bits per heavy atom. The Labute approximate surface area is 169 Å². The highest BCUT2D eigenvalue weighted by Gasteiger charge is 2.17. The Morgan fingerprint density at radius 2 is 2.10 bits per heavy atom. The van der Waals surface area contributed by atoms with Crippen LogP contribution in [0.1, 0.15) is 32.8 Å². The van der Waals surface area contributed by atoms with E-state index in [9.17, 15) is 0 Å². The van der Waals surface area contributed by atoms with Gasteiger partial charge in [-0.25, -0.2) is 4.98 Å². The molecule has 0 aliphatic heterocycles. The molecule has 0 saturated heterocycles. The van der Waals surface area contributed by atoms with Crippen molar-refractivity contribution in [2.24, 2.45) is 0 Å². The number of pyridine rings is 1. The van der Waals surface area contributed by atoms with Gasteiger partial charge < -0.3 is 19.0 Å². The Hall–Kier alpha value is -3.35. The normalized spacial score (nSPS) is 11.3. The third kappa shape index (κ3) is 3.68. The van der Waals surface area contributed by atoms with Crippen molar-refractivity contribution in [1.29, 1.82) is 0 Å². The van der Waals surface area contributed by atoms with Crippen molar-refractivity contribution in [1.82, 2.24) is 20.1 Å². The maximum absolute atomic E-state index is 5.67. The van der Waals surface area contributed by atoms with E-state index in [2.05, 4.69) is 39.3 Å². The fourth-order valence-corrected chi connectivity index (χ4v) is 3.33. The minimum atomic E-state index is -0.00357. The number of aromatic amines is 1. The molecule has 0 bridgehead atoms. The van der Waals surface area contributed by atoms with Crippen LogP contribution >= 0.6 is 0 Å². The average Bonchev–Trinajstić information content (AvgIpc) is 3.36. The molecule has 0 saturated carbocycles. The van der Waals surface area contributed by atoms with E-state index in [0.29, 0.717) is 28.9 Å². The molecule has 0 radical (unpaired) electrons. The molecule has 0 spiro atoms. The Bertz CT molecular complexity index is 1130. The van der Waals surface area contributed by atoms with Gasteiger partial charge >= 0.3 is 0 Å². The van der Waals surface area contributed by atoms with Crippen molar-refractivity contribution >= 4 is 10.9 Å². The quantitative estimate of drug-likeness (QED) is 0.475. The van der Waals surface area contributed by atoms with Gasteiger partial charge in [-0.1, -0.05) is 30.6 Å². The van der Waals surface area contributed by atoms with E-state index < -0.39 is 0 Å². The van der Waals surface area contributed by atoms with Gasteiger partial charge in [-0.05, 0) is 31.9 Å². The number of para-hydroxylation sites is 1. The lowest BCUT2D eigenvalue weighted by Gasteiger charge is -2.12. The molecule has 0 amide bonds. The number of fused-ring (bicyclic) bond motifs is 1. The van der Waals surface area contributed by atoms with Crippen LogP contribution < -0.4 is 9.47 Å². The SMILES string of the molecule is CCCc1c[nH]c2c(-c3noc(-c4cnc(OC(C)C)c(OC)c4)n3)cccc12. The number of aromatic nitrogens is 4. The van der Waals surface area contributed by atoms with Crippen LogP contribution in [-0.4, -0.2) is 33.3 Å². The summed E-state index contributed by atoms with van der Waals surface area (Å²) >= 11 is 0. The summed E-state index contributed by atoms with van der Waals surface area (Å²) in [6.07, 6.45) is 5.81. The number of nitrogens with zero attached hydrogens (tertiary/aromatic N) is 3. The minimum absolute atomic E-state index is 0.00357. The van der Waals surface area contributed by atoms with Crippen molar-refractivity contribution in [2.75, 3.05) is 7.11 Å². The number of aryl methyl sites for hydroxylation is 1. The minimum Gasteiger partial charge on any atom is -0.491 e. The summed E-state index contributed by atoms with van der Waals surface area (Å²) in [5.74, 6) is 1.86. The zero-order valence-electron chi connectivity index (χ0n) is 17.0. The van der Waals surface area contributed by atoms with Gasteiger partial charge in [0.25, 0.3) is 11.8 Å². The van der Waals surface area contributed by atoms with E-state index in [1.165, 1.54) is 10.9 Å². The van der Waals surface area contributed by atoms with Gasteiger partial charge in [0, 0.05) is 29.4 Å². The Balaban J connectivity index is 1.70. The average molecular weight is 392 g/mol. The van der Waals surface area contributed by atoms with Crippen LogP contribution in [0.15, 0.2) is 41.2 Å². The summed E-state index contributed by atoms with van der Waals surface area (Å²) in [6.45, 7) is 6.05. The second-order valence-corrected chi connectivity index (χ2v) is 7.11. The standard InChI is InChI=1S/C22H24N4O3/c1-5-7-14-11-23-19-16(14)8-6-9-17(19)20-25-21(29-26-20)15-10-18(27-4)22(24-12-15)28-13(2)3/h6,8-13,23H,5,7H2,1-4H3. The topological polar surface area (TPSA) is 86.1 Å². The molecule has 1 N–H and O–H groups in total. The van der Waals surface area contributed by atoms with Crippen LogP contribution in [0.5, 0.6) is 11.6 Å². The van der Waals surface area contributed by atoms with Crippen LogP contribution in [0.25, 0.3) is 33.7 Å². The van der Waals surface area contributed by atoms with Gasteiger partial charge in [-0.2, -0.15) is 4.98 Å². The Kier molecular flexibility index (Phi) is 5.20. The summed E-state index contributed by atoms with van der Waals surface area (Å²) in [7, 11) is 1.58. The maximum Gasteiger partial charge on any atom is 0.259 e. The van der Waals surface area contributed by atoms with Gasteiger partial charge in [-0.15, -0.1) is 0 Å². The zero-order valence-corrected chi connectivity index (χ0v) is 17.0. The zero-order chi connectivity index (χ0) is 20.4. The number of methoxy groups -OCH3 is 1. The number of rotatable bonds is 7. The van der Waals surface area contributed by atoms with Crippen molar-refractivity contribution in [3.8, 4) is 34.5 Å². The van der Waals surface area contributed by atoms with E-state index >= 15 is 0 Å². The van der Waals surface area contributed by atoms with Gasteiger partial charge in [0.1, 0.15) is 0 Å². The maximum atomic E-state index is 5.67. The molecule has 150 valence electrons. The fourth-order valence-electron chi connectivity index (χ4n) is 3.33. The molecule has 3 heterocycles. The predicted molar refractivity (Wildman–Crippen MR) is 111 cm³/mol. The molecule has 7 nitrogen and oxygen atoms in total. The molecule has 0 aliphatic carbocycles. The molecule has 0 aliphatic rings. The number of nitrogens with one attached hydrogen (secondary N) is 1. The predicted octanol–water partition coefficient (Wildman–Crippen LogP) is 5.03. The fraction of sp³-hybridized carbons (Fsp3) is 0.318. The molecule has 3 aromatic heterocycles. The molecule has 0 atom stereocenters. The highest BCUT2D eigenvalue weighted by Crippen LogP contribution is 2.33. The van der Waals surface area contributed by atoms with Gasteiger partial charge in [0.2, 0.25) is 5.82 Å². The first kappa shape index (κ1) is 19.0. The summed E-state index contributed by atoms with van der Waals surface area (Å²) in [4.78, 5) is 12.3. The highest BCUT2D eigenvalue weighted by atomic mass is 16.5. The van der Waals surface area contributed by atoms with E-state index in [1.807, 2.05) is 26.0 Å². The lowest BCUT2D eigenvalue weighted by atomic mass is 10.1. The highest BCUT2D eigenvalue weighted by molar-refractivity contribution is 5.94. The van der Waals surface area contributed by atoms with Crippen LogP contribution in [0, 0.1) is 0 Å². The lowest BCUT2D eigenvalue weighted by Crippen LogP contribution is -2.08. The molecular formula is C22H24N4O3. The molecule has 0 fully saturated rings. The first-order chi connectivity index (χ1) is 14.1. The van der Waals surface area contributed by atoms with Crippen molar-refractivity contribution in [3.05, 3.63) is 42.2 Å². The first-order valence-electron chi connectivity index (χ1n) is 9.74. The number of benzene rings is 1. The molecule has 29 heavy (non-hydrogen) atoms. The second-order valence-electron chi connectivity index (χ2n) is 7.11. The van der Waals surface area contributed by atoms with E-state index in [-0.39, 0.29) is 6.10 Å². The largest absolute Gasteiger partial charge is 0.491 e. The van der Waals surface area contributed by atoms with Crippen LogP contribution in [0.2, 0.25) is 0 Å². The monoisotopic (exact) mass is 392 g/mol. The summed E-state index contributed by atoms with van der Waals surface area (Å²) in [5.41, 5.74) is 3.88. The molecule has 0 unspecified atom stereocenters. The lowest BCUT2D eigenvalue weighted by molar-refractivity contribution is 0.220. The van der Waals surface area contributed by atoms with Gasteiger partial charge in [0.05, 0.1) is 24.3 Å². The number of hydrogen-bond acceptors (Lipinski definition) is 6. The summed E-state index contributed by atoms with van der Waals surface area (Å²) in [5, 5.41) is 5.38. The smallest absolute Gasteiger partial charge is 0.259 e. The summed E-state index contributed by atoms with van der Waals surface area (Å²) in [6, 6.07) is 7.91. The van der Waals surface area contributed by atoms with Crippen LogP contribution in [0.4, 0.5) is 0 Å². The molecular weight excluding hydrogens is 368 g/mol. The third-order valence-electron chi connectivity index (χ3n) is 4.62. The molecule has 4 aromatic rings. The van der Waals surface area contributed by atoms with Gasteiger partial charge in [0.15, 0.2) is 5.75 Å². The van der Waals surface area contributed by atoms with Crippen LogP contribution in [-0.2, 0) is 6.42 Å². The number of H-pyrrole nitrogens is 1. The van der Waals surface area contributed by atoms with Crippen molar-refractivity contribution < 1.29 is 14.0 Å². The molecule has 1 aromatic carbocycles. The van der Waals surface area contributed by atoms with Gasteiger partial charge in [-0.3, -0.25) is 0 Å². The second kappa shape index (κ2) is 7.95. The molecule has 7 heteroatoms. The van der Waals surface area contributed by atoms with E-state index in [4.69, 9.17) is 14.0 Å². The Morgan fingerprint density at radius 1 is 1.24 bits per heavy atom. The third-order valence-corrected chi connectivity index (χ3v) is 4.62. The van der Waals surface area contributed by atoms with E-state index in [1.54, 1.807) is 19.4 Å². The van der Waals surface area contributed by atoms with Crippen LogP contribution in [0.3, 0.4) is 0 Å². The van der Waals surface area contributed by atoms with Crippen molar-refractivity contribution in [2.45, 2.75) is 39.7 Å². The summed E-state index contributed by atoms with van der Waals surface area (Å²) < 4.78 is 16.6. The van der Waals surface area contributed by atoms with E-state index in [0.717, 1.165) is 23.9 Å². The van der Waals surface area contributed by atoms with Crippen molar-refractivity contribution in [3.63, 3.8) is 0 Å². The molecule has 4 rings (SSSR count). The number of hydrogen-bond donors (Lipinski definition) is 1. The number of ether oxygens (including phenoxy) is 2. The first-order valence-corrected chi connectivity index (χ1v) is 9.74.